The molecule has 5 unspecified atom stereocenters. The lowest BCUT2D eigenvalue weighted by Crippen LogP contribution is -2.32. The van der Waals surface area contributed by atoms with Gasteiger partial charge in [0.1, 0.15) is 6.29 Å². The molecule has 24 heavy (non-hydrogen) atoms. The van der Waals surface area contributed by atoms with E-state index in [4.69, 9.17) is 14.6 Å². The summed E-state index contributed by atoms with van der Waals surface area (Å²) in [4.78, 5) is 21.9. The second kappa shape index (κ2) is 9.91. The van der Waals surface area contributed by atoms with Gasteiger partial charge in [-0.3, -0.25) is 4.79 Å². The number of aliphatic hydroxyl groups excluding tert-OH is 1. The molecule has 5 atom stereocenters. The summed E-state index contributed by atoms with van der Waals surface area (Å²) in [5.41, 5.74) is 0. The zero-order valence-electron chi connectivity index (χ0n) is 14.0. The first-order chi connectivity index (χ1) is 11.6. The smallest absolute Gasteiger partial charge is 0.303 e. The first kappa shape index (κ1) is 19.1. The Bertz CT molecular complexity index is 429. The van der Waals surface area contributed by atoms with Crippen molar-refractivity contribution in [3.8, 4) is 0 Å². The number of carbonyl (C=O) groups is 2. The lowest BCUT2D eigenvalue weighted by atomic mass is 9.91. The molecule has 1 aliphatic heterocycles. The molecule has 136 valence electrons. The van der Waals surface area contributed by atoms with Crippen molar-refractivity contribution in [1.29, 1.82) is 0 Å². The monoisotopic (exact) mass is 340 g/mol. The van der Waals surface area contributed by atoms with Crippen LogP contribution < -0.4 is 0 Å². The Morgan fingerprint density at radius 1 is 1.29 bits per heavy atom. The van der Waals surface area contributed by atoms with Crippen molar-refractivity contribution in [3.05, 3.63) is 12.2 Å². The van der Waals surface area contributed by atoms with Crippen LogP contribution in [0, 0.1) is 11.8 Å². The molecule has 6 heteroatoms. The molecular weight excluding hydrogens is 312 g/mol. The van der Waals surface area contributed by atoms with Crippen LogP contribution >= 0.6 is 0 Å². The van der Waals surface area contributed by atoms with Crippen LogP contribution in [-0.2, 0) is 19.1 Å². The van der Waals surface area contributed by atoms with Crippen molar-refractivity contribution in [1.82, 2.24) is 0 Å². The van der Waals surface area contributed by atoms with Gasteiger partial charge < -0.3 is 24.5 Å². The number of allylic oxidation sites excluding steroid dienone is 2. The summed E-state index contributed by atoms with van der Waals surface area (Å²) < 4.78 is 11.5. The molecule has 0 aromatic rings. The second-order valence-electron chi connectivity index (χ2n) is 6.64. The van der Waals surface area contributed by atoms with E-state index in [0.29, 0.717) is 32.3 Å². The molecule has 2 N–H and O–H groups in total. The summed E-state index contributed by atoms with van der Waals surface area (Å²) in [5, 5.41) is 18.9. The van der Waals surface area contributed by atoms with E-state index >= 15 is 0 Å². The maximum atomic E-state index is 11.5. The minimum absolute atomic E-state index is 0.146. The number of unbranched alkanes of at least 4 members (excludes halogenated alkanes) is 1. The van der Waals surface area contributed by atoms with Gasteiger partial charge in [-0.15, -0.1) is 0 Å². The van der Waals surface area contributed by atoms with Gasteiger partial charge >= 0.3 is 5.97 Å². The molecule has 1 heterocycles. The number of carboxylic acids is 1. The molecule has 0 radical (unpaired) electrons. The summed E-state index contributed by atoms with van der Waals surface area (Å²) in [6.07, 6.45) is 9.10. The van der Waals surface area contributed by atoms with Crippen molar-refractivity contribution >= 4 is 12.3 Å². The zero-order valence-corrected chi connectivity index (χ0v) is 14.0. The van der Waals surface area contributed by atoms with E-state index in [-0.39, 0.29) is 30.7 Å². The van der Waals surface area contributed by atoms with E-state index in [1.54, 1.807) is 0 Å². The third-order valence-electron chi connectivity index (χ3n) is 4.85. The highest BCUT2D eigenvalue weighted by Gasteiger charge is 2.43. The summed E-state index contributed by atoms with van der Waals surface area (Å²) in [6, 6.07) is 0. The normalized spacial score (nSPS) is 33.8. The second-order valence-corrected chi connectivity index (χ2v) is 6.64. The minimum atomic E-state index is -0.791. The van der Waals surface area contributed by atoms with E-state index < -0.39 is 12.1 Å². The van der Waals surface area contributed by atoms with E-state index in [1.165, 1.54) is 0 Å². The third kappa shape index (κ3) is 5.69. The number of carboxylic acid groups (broad SMARTS) is 1. The third-order valence-corrected chi connectivity index (χ3v) is 4.85. The molecule has 2 fully saturated rings. The van der Waals surface area contributed by atoms with E-state index in [1.807, 2.05) is 12.2 Å². The van der Waals surface area contributed by atoms with Gasteiger partial charge in [-0.2, -0.15) is 0 Å². The van der Waals surface area contributed by atoms with Gasteiger partial charge in [0.15, 0.2) is 6.29 Å². The van der Waals surface area contributed by atoms with Crippen LogP contribution in [0.2, 0.25) is 0 Å². The van der Waals surface area contributed by atoms with E-state index in [2.05, 4.69) is 0 Å². The van der Waals surface area contributed by atoms with Crippen molar-refractivity contribution in [2.24, 2.45) is 11.8 Å². The largest absolute Gasteiger partial charge is 0.481 e. The standard InChI is InChI=1S/C18H28O6/c19-12-14-13(7-3-1-2-4-8-17(21)22)15(20)11-16(14)24-18-9-5-6-10-23-18/h1,3,12-16,18,20H,2,4-11H2,(H,21,22)/b3-1-. The van der Waals surface area contributed by atoms with Gasteiger partial charge in [-0.1, -0.05) is 12.2 Å². The van der Waals surface area contributed by atoms with Crippen molar-refractivity contribution in [2.75, 3.05) is 6.61 Å². The molecule has 2 aliphatic rings. The first-order valence-electron chi connectivity index (χ1n) is 8.89. The Kier molecular flexibility index (Phi) is 7.88. The Hall–Kier alpha value is -1.24. The molecule has 0 aromatic carbocycles. The molecule has 0 aromatic heterocycles. The number of rotatable bonds is 9. The SMILES string of the molecule is O=CC1C(OC2CCCCO2)CC(O)C1C/C=C\CCCC(=O)O. The Labute approximate surface area is 142 Å². The summed E-state index contributed by atoms with van der Waals surface area (Å²) in [6.45, 7) is 0.689. The Balaban J connectivity index is 1.79. The molecule has 0 bridgehead atoms. The zero-order chi connectivity index (χ0) is 17.4. The van der Waals surface area contributed by atoms with Gasteiger partial charge in [0, 0.05) is 31.3 Å². The number of aliphatic hydroxyl groups is 1. The maximum absolute atomic E-state index is 11.5. The highest BCUT2D eigenvalue weighted by molar-refractivity contribution is 5.66. The van der Waals surface area contributed by atoms with Crippen LogP contribution in [-0.4, -0.2) is 47.6 Å². The fourth-order valence-electron chi connectivity index (χ4n) is 3.51. The number of hydrogen-bond acceptors (Lipinski definition) is 5. The lowest BCUT2D eigenvalue weighted by molar-refractivity contribution is -0.194. The highest BCUT2D eigenvalue weighted by Crippen LogP contribution is 2.37. The predicted octanol–water partition coefficient (Wildman–Crippen LogP) is 2.30. The number of ether oxygens (including phenoxy) is 2. The summed E-state index contributed by atoms with van der Waals surface area (Å²) in [7, 11) is 0. The van der Waals surface area contributed by atoms with Gasteiger partial charge in [0.05, 0.1) is 12.2 Å². The summed E-state index contributed by atoms with van der Waals surface area (Å²) in [5.74, 6) is -1.26. The van der Waals surface area contributed by atoms with Gasteiger partial charge in [-0.05, 0) is 38.5 Å². The van der Waals surface area contributed by atoms with Crippen molar-refractivity contribution in [2.45, 2.75) is 69.9 Å². The average Bonchev–Trinajstić information content (AvgIpc) is 2.86. The van der Waals surface area contributed by atoms with Crippen LogP contribution in [0.15, 0.2) is 12.2 Å². The highest BCUT2D eigenvalue weighted by atomic mass is 16.7. The lowest BCUT2D eigenvalue weighted by Gasteiger charge is -2.28. The fourth-order valence-corrected chi connectivity index (χ4v) is 3.51. The van der Waals surface area contributed by atoms with E-state index in [0.717, 1.165) is 25.5 Å². The molecular formula is C18H28O6. The molecule has 1 aliphatic carbocycles. The quantitative estimate of drug-likeness (QED) is 0.380. The minimum Gasteiger partial charge on any atom is -0.481 e. The van der Waals surface area contributed by atoms with Crippen molar-refractivity contribution in [3.63, 3.8) is 0 Å². The molecule has 2 rings (SSSR count). The average molecular weight is 340 g/mol. The summed E-state index contributed by atoms with van der Waals surface area (Å²) >= 11 is 0. The van der Waals surface area contributed by atoms with E-state index in [9.17, 15) is 14.7 Å². The molecule has 1 saturated carbocycles. The fraction of sp³-hybridized carbons (Fsp3) is 0.778. The first-order valence-corrected chi connectivity index (χ1v) is 8.89. The number of hydrogen-bond donors (Lipinski definition) is 2. The van der Waals surface area contributed by atoms with Crippen LogP contribution in [0.5, 0.6) is 0 Å². The van der Waals surface area contributed by atoms with Gasteiger partial charge in [0.2, 0.25) is 0 Å². The maximum Gasteiger partial charge on any atom is 0.303 e. The van der Waals surface area contributed by atoms with Gasteiger partial charge in [-0.25, -0.2) is 0 Å². The number of carbonyl (C=O) groups excluding carboxylic acids is 1. The molecule has 1 saturated heterocycles. The van der Waals surface area contributed by atoms with Gasteiger partial charge in [0.25, 0.3) is 0 Å². The predicted molar refractivity (Wildman–Crippen MR) is 87.4 cm³/mol. The molecule has 0 amide bonds. The molecule has 0 spiro atoms. The number of aliphatic carboxylic acids is 1. The van der Waals surface area contributed by atoms with Crippen LogP contribution in [0.25, 0.3) is 0 Å². The van der Waals surface area contributed by atoms with Crippen LogP contribution in [0.4, 0.5) is 0 Å². The molecule has 6 nitrogen and oxygen atoms in total. The topological polar surface area (TPSA) is 93.1 Å². The van der Waals surface area contributed by atoms with Crippen molar-refractivity contribution < 1.29 is 29.3 Å². The van der Waals surface area contributed by atoms with Crippen LogP contribution in [0.1, 0.15) is 51.4 Å². The Morgan fingerprint density at radius 2 is 2.12 bits per heavy atom. The van der Waals surface area contributed by atoms with Crippen LogP contribution in [0.3, 0.4) is 0 Å². The number of aldehydes is 1. The Morgan fingerprint density at radius 3 is 2.79 bits per heavy atom.